The summed E-state index contributed by atoms with van der Waals surface area (Å²) in [6, 6.07) is 22.2. The van der Waals surface area contributed by atoms with Gasteiger partial charge in [0.25, 0.3) is 0 Å². The van der Waals surface area contributed by atoms with Gasteiger partial charge >= 0.3 is 0 Å². The van der Waals surface area contributed by atoms with Gasteiger partial charge in [-0.05, 0) is 113 Å². The normalized spacial score (nSPS) is 41.3. The van der Waals surface area contributed by atoms with Gasteiger partial charge < -0.3 is 4.74 Å². The van der Waals surface area contributed by atoms with E-state index in [0.717, 1.165) is 37.3 Å². The van der Waals surface area contributed by atoms with Gasteiger partial charge in [-0.15, -0.1) is 9.36 Å². The second-order valence-electron chi connectivity index (χ2n) is 20.0. The molecule has 4 nitrogen and oxygen atoms in total. The van der Waals surface area contributed by atoms with Crippen LogP contribution in [0.1, 0.15) is 128 Å². The van der Waals surface area contributed by atoms with Gasteiger partial charge in [0, 0.05) is 17.8 Å². The minimum absolute atomic E-state index is 0.0462. The number of rotatable bonds is 4. The van der Waals surface area contributed by atoms with Crippen LogP contribution in [-0.4, -0.2) is 22.6 Å². The largest absolute Gasteiger partial charge is 0.377 e. The van der Waals surface area contributed by atoms with Crippen LogP contribution in [0.5, 0.6) is 0 Å². The van der Waals surface area contributed by atoms with Crippen molar-refractivity contribution < 1.29 is 9.42 Å². The highest BCUT2D eigenvalue weighted by Crippen LogP contribution is 2.77. The number of nitrogens with zero attached hydrogens (tertiary/aromatic N) is 3. The van der Waals surface area contributed by atoms with Crippen molar-refractivity contribution in [3.05, 3.63) is 83.2 Å². The van der Waals surface area contributed by atoms with E-state index in [4.69, 9.17) is 9.95 Å². The smallest absolute Gasteiger partial charge is 0.176 e. The molecule has 9 rings (SSSR count). The van der Waals surface area contributed by atoms with E-state index in [0.29, 0.717) is 33.7 Å². The molecule has 0 spiro atoms. The van der Waals surface area contributed by atoms with E-state index in [2.05, 4.69) is 126 Å². The Bertz CT molecular complexity index is 1700. The third kappa shape index (κ3) is 4.25. The lowest BCUT2D eigenvalue weighted by Gasteiger charge is -2.72. The highest BCUT2D eigenvalue weighted by atomic mass is 16.5. The number of fused-ring (bicyclic) bond motifs is 6. The Morgan fingerprint density at radius 3 is 2.10 bits per heavy atom. The van der Waals surface area contributed by atoms with Gasteiger partial charge in [-0.1, -0.05) is 109 Å². The van der Waals surface area contributed by atoms with E-state index in [-0.39, 0.29) is 16.7 Å². The van der Waals surface area contributed by atoms with Crippen molar-refractivity contribution in [3.8, 4) is 0 Å². The van der Waals surface area contributed by atoms with E-state index in [1.165, 1.54) is 73.9 Å². The summed E-state index contributed by atoms with van der Waals surface area (Å²) < 4.78 is 11.6. The van der Waals surface area contributed by atoms with E-state index in [1.54, 1.807) is 0 Å². The summed E-state index contributed by atoms with van der Waals surface area (Å²) in [4.78, 5) is 0. The molecule has 0 amide bonds. The van der Waals surface area contributed by atoms with Crippen molar-refractivity contribution in [3.63, 3.8) is 0 Å². The molecule has 9 atom stereocenters. The minimum Gasteiger partial charge on any atom is -0.377 e. The summed E-state index contributed by atoms with van der Waals surface area (Å²) in [6.45, 7) is 20.4. The van der Waals surface area contributed by atoms with Crippen molar-refractivity contribution in [1.29, 1.82) is 0 Å². The summed E-state index contributed by atoms with van der Waals surface area (Å²) >= 11 is 0. The Hall–Kier alpha value is -2.46. The molecule has 0 unspecified atom stereocenters. The number of hydrogen-bond acceptors (Lipinski definition) is 2. The molecule has 3 aromatic rings. The van der Waals surface area contributed by atoms with Crippen molar-refractivity contribution >= 4 is 0 Å². The first kappa shape index (κ1) is 32.4. The van der Waals surface area contributed by atoms with E-state index >= 15 is 0 Å². The third-order valence-electron chi connectivity index (χ3n) is 17.4. The number of aryl methyl sites for hydroxylation is 1. The summed E-state index contributed by atoms with van der Waals surface area (Å²) in [5, 5.41) is 5.37. The maximum atomic E-state index is 6.85. The molecule has 1 aliphatic heterocycles. The predicted octanol–water partition coefficient (Wildman–Crippen LogP) is 9.44. The number of benzene rings is 2. The third-order valence-corrected chi connectivity index (χ3v) is 17.4. The molecule has 4 heteroatoms. The van der Waals surface area contributed by atoms with Crippen LogP contribution in [0, 0.1) is 50.7 Å². The predicted molar refractivity (Wildman–Crippen MR) is 196 cm³/mol. The molecule has 2 heterocycles. The van der Waals surface area contributed by atoms with Crippen molar-refractivity contribution in [2.24, 2.45) is 57.8 Å². The first-order chi connectivity index (χ1) is 23.3. The fourth-order valence-electron chi connectivity index (χ4n) is 14.8. The molecule has 49 heavy (non-hydrogen) atoms. The van der Waals surface area contributed by atoms with Gasteiger partial charge in [-0.2, -0.15) is 0 Å². The lowest BCUT2D eigenvalue weighted by molar-refractivity contribution is -0.766. The number of aromatic nitrogens is 3. The minimum atomic E-state index is 0.0462. The van der Waals surface area contributed by atoms with E-state index < -0.39 is 0 Å². The van der Waals surface area contributed by atoms with Gasteiger partial charge in [0.2, 0.25) is 0 Å². The molecule has 2 aromatic carbocycles. The summed E-state index contributed by atoms with van der Waals surface area (Å²) in [5.74, 6) is 3.20. The lowest BCUT2D eigenvalue weighted by atomic mass is 9.31. The van der Waals surface area contributed by atoms with E-state index in [1.807, 2.05) is 0 Å². The standard InChI is InChI=1S/C45H62N3O/c1-40(2)23-25-45-26-24-43(6)33(37(45)39(40)49-29-45)19-20-36-42(5)27-34-38(41(3,4)35(42)21-22-44(36,43)7)48(46-47(34)8)28-32(30-15-11-9-12-16-30)31-17-13-10-14-18-31/h9-18,32-33,35-37,39H,19-29H2,1-8H3/q+1/t33-,35+,36-,37+,39-,42+,43-,44-,45-/m1/s1. The molecule has 5 aliphatic carbocycles. The van der Waals surface area contributed by atoms with Gasteiger partial charge in [0.15, 0.2) is 11.4 Å². The zero-order chi connectivity index (χ0) is 34.2. The van der Waals surface area contributed by atoms with Crippen molar-refractivity contribution in [2.45, 2.75) is 130 Å². The highest BCUT2D eigenvalue weighted by Gasteiger charge is 2.73. The lowest BCUT2D eigenvalue weighted by Crippen LogP contribution is -2.68. The first-order valence-corrected chi connectivity index (χ1v) is 19.9. The SMILES string of the molecule is Cn1n[n+](CC(c2ccccc2)c2ccccc2)c2c1C[C@]1(C)[C@H]3CC[C@@H]4[C@H]5[C@H]6OC[C@@]5(CCC6(C)C)CC[C@@]4(C)[C@]3(C)CC[C@H]1C2(C)C. The van der Waals surface area contributed by atoms with Crippen LogP contribution in [0.3, 0.4) is 0 Å². The van der Waals surface area contributed by atoms with Gasteiger partial charge in [-0.25, -0.2) is 0 Å². The molecule has 1 aromatic heterocycles. The average molecular weight is 661 g/mol. The monoisotopic (exact) mass is 660 g/mol. The molecule has 2 bridgehead atoms. The van der Waals surface area contributed by atoms with Crippen LogP contribution in [0.15, 0.2) is 60.7 Å². The molecular weight excluding hydrogens is 599 g/mol. The fraction of sp³-hybridized carbons (Fsp3) is 0.689. The average Bonchev–Trinajstić information content (AvgIpc) is 3.58. The fourth-order valence-corrected chi connectivity index (χ4v) is 14.8. The Morgan fingerprint density at radius 1 is 0.776 bits per heavy atom. The second-order valence-corrected chi connectivity index (χ2v) is 20.0. The summed E-state index contributed by atoms with van der Waals surface area (Å²) in [7, 11) is 2.23. The molecule has 0 radical (unpaired) electrons. The molecule has 6 aliphatic rings. The molecule has 5 fully saturated rings. The van der Waals surface area contributed by atoms with Gasteiger partial charge in [0.05, 0.1) is 17.9 Å². The highest BCUT2D eigenvalue weighted by molar-refractivity contribution is 5.33. The number of hydrogen-bond donors (Lipinski definition) is 0. The van der Waals surface area contributed by atoms with Crippen LogP contribution in [0.25, 0.3) is 0 Å². The maximum Gasteiger partial charge on any atom is 0.176 e. The van der Waals surface area contributed by atoms with Gasteiger partial charge in [-0.3, -0.25) is 0 Å². The van der Waals surface area contributed by atoms with Crippen LogP contribution < -0.4 is 4.68 Å². The van der Waals surface area contributed by atoms with Crippen LogP contribution >= 0.6 is 0 Å². The second kappa shape index (κ2) is 10.5. The maximum absolute atomic E-state index is 6.85. The Kier molecular flexibility index (Phi) is 6.99. The number of ether oxygens (including phenoxy) is 1. The Morgan fingerprint density at radius 2 is 1.43 bits per heavy atom. The molecular formula is C45H62N3O+. The zero-order valence-electron chi connectivity index (χ0n) is 31.8. The zero-order valence-corrected chi connectivity index (χ0v) is 31.8. The quantitative estimate of drug-likeness (QED) is 0.261. The molecule has 1 saturated heterocycles. The van der Waals surface area contributed by atoms with Crippen molar-refractivity contribution in [1.82, 2.24) is 9.90 Å². The van der Waals surface area contributed by atoms with Crippen LogP contribution in [0.2, 0.25) is 0 Å². The topological polar surface area (TPSA) is 30.9 Å². The van der Waals surface area contributed by atoms with Crippen LogP contribution in [-0.2, 0) is 30.2 Å². The first-order valence-electron chi connectivity index (χ1n) is 19.9. The Labute approximate surface area is 296 Å². The summed E-state index contributed by atoms with van der Waals surface area (Å²) in [6.07, 6.45) is 12.6. The Balaban J connectivity index is 1.08. The summed E-state index contributed by atoms with van der Waals surface area (Å²) in [5.41, 5.74) is 7.53. The van der Waals surface area contributed by atoms with E-state index in [9.17, 15) is 0 Å². The van der Waals surface area contributed by atoms with Crippen molar-refractivity contribution in [2.75, 3.05) is 6.61 Å². The molecule has 4 saturated carbocycles. The van der Waals surface area contributed by atoms with Gasteiger partial charge in [0.1, 0.15) is 13.6 Å². The molecule has 262 valence electrons. The van der Waals surface area contributed by atoms with Crippen LogP contribution in [0.4, 0.5) is 0 Å². The molecule has 0 N–H and O–H groups in total.